The molecule has 17 heavy (non-hydrogen) atoms. The second-order valence-corrected chi connectivity index (χ2v) is 3.60. The van der Waals surface area contributed by atoms with Gasteiger partial charge >= 0.3 is 0 Å². The minimum atomic E-state index is 0.0304. The molecule has 6 nitrogen and oxygen atoms in total. The number of rotatable bonds is 1. The molecule has 3 N–H and O–H groups in total. The van der Waals surface area contributed by atoms with Crippen molar-refractivity contribution in [2.24, 2.45) is 0 Å². The Morgan fingerprint density at radius 3 is 3.00 bits per heavy atom. The zero-order valence-corrected chi connectivity index (χ0v) is 9.08. The van der Waals surface area contributed by atoms with Crippen LogP contribution in [0, 0.1) is 0 Å². The predicted octanol–water partition coefficient (Wildman–Crippen LogP) is 1.18. The number of anilines is 1. The fraction of sp³-hybridized carbons (Fsp3) is 0.0909. The van der Waals surface area contributed by atoms with Gasteiger partial charge in [-0.3, -0.25) is 4.40 Å². The second kappa shape index (κ2) is 3.24. The van der Waals surface area contributed by atoms with E-state index in [-0.39, 0.29) is 5.75 Å². The molecule has 0 atom stereocenters. The summed E-state index contributed by atoms with van der Waals surface area (Å²) < 4.78 is 6.81. The van der Waals surface area contributed by atoms with E-state index in [2.05, 4.69) is 9.97 Å². The Morgan fingerprint density at radius 1 is 1.41 bits per heavy atom. The minimum absolute atomic E-state index is 0.0304. The highest BCUT2D eigenvalue weighted by atomic mass is 16.5. The monoisotopic (exact) mass is 230 g/mol. The average Bonchev–Trinajstić information content (AvgIpc) is 2.79. The van der Waals surface area contributed by atoms with Gasteiger partial charge in [0.1, 0.15) is 11.2 Å². The minimum Gasteiger partial charge on any atom is -0.504 e. The first-order valence-corrected chi connectivity index (χ1v) is 5.00. The average molecular weight is 230 g/mol. The molecule has 0 bridgehead atoms. The smallest absolute Gasteiger partial charge is 0.206 e. The van der Waals surface area contributed by atoms with Crippen molar-refractivity contribution in [1.82, 2.24) is 14.4 Å². The van der Waals surface area contributed by atoms with Crippen LogP contribution >= 0.6 is 0 Å². The molecule has 0 aliphatic carbocycles. The summed E-state index contributed by atoms with van der Waals surface area (Å²) in [5.41, 5.74) is 7.00. The summed E-state index contributed by atoms with van der Waals surface area (Å²) >= 11 is 0. The number of nitrogens with zero attached hydrogens (tertiary/aromatic N) is 3. The van der Waals surface area contributed by atoms with Gasteiger partial charge in [0.2, 0.25) is 5.95 Å². The first-order chi connectivity index (χ1) is 8.22. The van der Waals surface area contributed by atoms with Gasteiger partial charge in [0.25, 0.3) is 0 Å². The van der Waals surface area contributed by atoms with Gasteiger partial charge in [-0.05, 0) is 12.1 Å². The molecule has 6 heteroatoms. The van der Waals surface area contributed by atoms with Crippen molar-refractivity contribution < 1.29 is 9.84 Å². The zero-order valence-electron chi connectivity index (χ0n) is 9.08. The molecule has 0 amide bonds. The lowest BCUT2D eigenvalue weighted by Crippen LogP contribution is -2.01. The number of hydrogen-bond acceptors (Lipinski definition) is 5. The first kappa shape index (κ1) is 9.71. The molecule has 0 aliphatic heterocycles. The summed E-state index contributed by atoms with van der Waals surface area (Å²) in [6, 6.07) is 3.29. The molecule has 0 aliphatic rings. The molecule has 3 aromatic rings. The number of nitrogens with two attached hydrogens (primary N) is 1. The van der Waals surface area contributed by atoms with Crippen molar-refractivity contribution in [2.75, 3.05) is 12.8 Å². The van der Waals surface area contributed by atoms with Gasteiger partial charge in [-0.1, -0.05) is 0 Å². The maximum atomic E-state index is 9.69. The summed E-state index contributed by atoms with van der Waals surface area (Å²) in [7, 11) is 1.47. The number of nitrogen functional groups attached to an aromatic ring is 1. The topological polar surface area (TPSA) is 85.7 Å². The van der Waals surface area contributed by atoms with Crippen LogP contribution in [0.4, 0.5) is 5.95 Å². The molecular formula is C11H10N4O2. The van der Waals surface area contributed by atoms with Gasteiger partial charge in [0.05, 0.1) is 7.11 Å². The summed E-state index contributed by atoms with van der Waals surface area (Å²) in [5.74, 6) is 0.636. The molecule has 0 saturated carbocycles. The normalized spacial score (nSPS) is 11.1. The molecule has 3 rings (SSSR count). The largest absolute Gasteiger partial charge is 0.504 e. The van der Waals surface area contributed by atoms with Crippen LogP contribution in [-0.2, 0) is 0 Å². The van der Waals surface area contributed by atoms with E-state index in [1.807, 2.05) is 0 Å². The Balaban J connectivity index is 2.57. The number of methoxy groups -OCH3 is 1. The maximum absolute atomic E-state index is 9.69. The third kappa shape index (κ3) is 1.20. The van der Waals surface area contributed by atoms with Crippen molar-refractivity contribution in [3.63, 3.8) is 0 Å². The molecule has 0 radical (unpaired) electrons. The van der Waals surface area contributed by atoms with Crippen LogP contribution in [0.2, 0.25) is 0 Å². The summed E-state index contributed by atoms with van der Waals surface area (Å²) in [4.78, 5) is 8.44. The van der Waals surface area contributed by atoms with E-state index < -0.39 is 0 Å². The van der Waals surface area contributed by atoms with Gasteiger partial charge in [-0.25, -0.2) is 9.97 Å². The van der Waals surface area contributed by atoms with Gasteiger partial charge in [0.15, 0.2) is 11.5 Å². The summed E-state index contributed by atoms with van der Waals surface area (Å²) in [5, 5.41) is 10.5. The Bertz CT molecular complexity index is 720. The number of phenolic OH excluding ortho intramolecular Hbond substituents is 1. The molecule has 0 spiro atoms. The number of fused-ring (bicyclic) bond motifs is 3. The SMILES string of the molecule is COc1c(O)ccc2c1nc(N)n1ccnc21. The number of aromatic hydroxyl groups is 1. The van der Waals surface area contributed by atoms with E-state index in [9.17, 15) is 5.11 Å². The molecule has 0 saturated heterocycles. The fourth-order valence-electron chi connectivity index (χ4n) is 1.91. The van der Waals surface area contributed by atoms with Crippen LogP contribution in [0.1, 0.15) is 0 Å². The molecule has 0 fully saturated rings. The third-order valence-electron chi connectivity index (χ3n) is 2.67. The van der Waals surface area contributed by atoms with Crippen molar-refractivity contribution in [2.45, 2.75) is 0 Å². The Morgan fingerprint density at radius 2 is 2.24 bits per heavy atom. The highest BCUT2D eigenvalue weighted by Crippen LogP contribution is 2.35. The first-order valence-electron chi connectivity index (χ1n) is 5.00. The number of hydrogen-bond donors (Lipinski definition) is 2. The van der Waals surface area contributed by atoms with E-state index in [1.54, 1.807) is 28.9 Å². The number of ether oxygens (including phenoxy) is 1. The fourth-order valence-corrected chi connectivity index (χ4v) is 1.91. The Hall–Kier alpha value is -2.50. The zero-order chi connectivity index (χ0) is 12.0. The van der Waals surface area contributed by atoms with Crippen molar-refractivity contribution in [3.05, 3.63) is 24.5 Å². The van der Waals surface area contributed by atoms with Crippen LogP contribution in [0.3, 0.4) is 0 Å². The quantitative estimate of drug-likeness (QED) is 0.655. The Kier molecular flexibility index (Phi) is 1.85. The van der Waals surface area contributed by atoms with Crippen LogP contribution in [0.25, 0.3) is 16.6 Å². The van der Waals surface area contributed by atoms with Gasteiger partial charge in [0, 0.05) is 17.8 Å². The number of benzene rings is 1. The van der Waals surface area contributed by atoms with Gasteiger partial charge in [-0.15, -0.1) is 0 Å². The lowest BCUT2D eigenvalue weighted by molar-refractivity contribution is 0.377. The van der Waals surface area contributed by atoms with Crippen molar-refractivity contribution >= 4 is 22.5 Å². The lowest BCUT2D eigenvalue weighted by atomic mass is 10.2. The number of imidazole rings is 1. The van der Waals surface area contributed by atoms with E-state index in [4.69, 9.17) is 10.5 Å². The standard InChI is InChI=1S/C11H10N4O2/c1-17-9-7(16)3-2-6-8(9)14-11(12)15-5-4-13-10(6)15/h2-5,16H,1H3,(H2,12,14). The third-order valence-corrected chi connectivity index (χ3v) is 2.67. The lowest BCUT2D eigenvalue weighted by Gasteiger charge is -2.09. The van der Waals surface area contributed by atoms with Crippen LogP contribution < -0.4 is 10.5 Å². The summed E-state index contributed by atoms with van der Waals surface area (Å²) in [6.07, 6.45) is 3.38. The van der Waals surface area contributed by atoms with Gasteiger partial charge < -0.3 is 15.6 Å². The van der Waals surface area contributed by atoms with Crippen molar-refractivity contribution in [1.29, 1.82) is 0 Å². The van der Waals surface area contributed by atoms with E-state index in [0.29, 0.717) is 22.9 Å². The highest BCUT2D eigenvalue weighted by molar-refractivity contribution is 5.97. The molecule has 0 unspecified atom stereocenters. The van der Waals surface area contributed by atoms with E-state index >= 15 is 0 Å². The summed E-state index contributed by atoms with van der Waals surface area (Å²) in [6.45, 7) is 0. The Labute approximate surface area is 96.3 Å². The van der Waals surface area contributed by atoms with E-state index in [1.165, 1.54) is 7.11 Å². The van der Waals surface area contributed by atoms with E-state index in [0.717, 1.165) is 5.39 Å². The number of aromatic nitrogens is 3. The molecule has 2 aromatic heterocycles. The second-order valence-electron chi connectivity index (χ2n) is 3.60. The van der Waals surface area contributed by atoms with Crippen LogP contribution in [0.5, 0.6) is 11.5 Å². The van der Waals surface area contributed by atoms with Crippen LogP contribution in [0.15, 0.2) is 24.5 Å². The highest BCUT2D eigenvalue weighted by Gasteiger charge is 2.13. The van der Waals surface area contributed by atoms with Crippen molar-refractivity contribution in [3.8, 4) is 11.5 Å². The number of phenols is 1. The predicted molar refractivity (Wildman–Crippen MR) is 63.1 cm³/mol. The van der Waals surface area contributed by atoms with Gasteiger partial charge in [-0.2, -0.15) is 0 Å². The molecule has 86 valence electrons. The molecular weight excluding hydrogens is 220 g/mol. The maximum Gasteiger partial charge on any atom is 0.206 e. The molecule has 2 heterocycles. The van der Waals surface area contributed by atoms with Crippen LogP contribution in [-0.4, -0.2) is 26.6 Å². The molecule has 1 aromatic carbocycles.